The largest absolute Gasteiger partial charge is 0.308 e. The Labute approximate surface area is 118 Å². The monoisotopic (exact) mass is 273 g/mol. The molecule has 3 nitrogen and oxygen atoms in total. The Hall–Kier alpha value is -1.52. The molecule has 100 valence electrons. The molecule has 0 aliphatic carbocycles. The molecule has 0 radical (unpaired) electrons. The van der Waals surface area contributed by atoms with Crippen LogP contribution in [0.1, 0.15) is 26.3 Å². The Bertz CT molecular complexity index is 544. The molecule has 0 saturated carbocycles. The Balaban J connectivity index is 2.15. The summed E-state index contributed by atoms with van der Waals surface area (Å²) in [5, 5.41) is 0. The highest BCUT2D eigenvalue weighted by Gasteiger charge is 2.12. The van der Waals surface area contributed by atoms with Gasteiger partial charge in [-0.1, -0.05) is 44.7 Å². The molecule has 1 heterocycles. The van der Waals surface area contributed by atoms with Crippen molar-refractivity contribution < 1.29 is 0 Å². The first-order chi connectivity index (χ1) is 8.99. The van der Waals surface area contributed by atoms with Gasteiger partial charge in [-0.25, -0.2) is 10.8 Å². The fourth-order valence-electron chi connectivity index (χ4n) is 1.71. The molecule has 2 rings (SSSR count). The van der Waals surface area contributed by atoms with E-state index in [2.05, 4.69) is 55.4 Å². The first-order valence-corrected chi connectivity index (χ1v) is 7.02. The van der Waals surface area contributed by atoms with Crippen molar-refractivity contribution in [2.45, 2.75) is 36.0 Å². The van der Waals surface area contributed by atoms with Gasteiger partial charge in [0.2, 0.25) is 0 Å². The van der Waals surface area contributed by atoms with E-state index in [4.69, 9.17) is 5.84 Å². The normalized spacial score (nSPS) is 11.4. The van der Waals surface area contributed by atoms with Gasteiger partial charge in [-0.15, -0.1) is 0 Å². The van der Waals surface area contributed by atoms with Crippen LogP contribution in [0.25, 0.3) is 0 Å². The van der Waals surface area contributed by atoms with E-state index in [-0.39, 0.29) is 5.41 Å². The van der Waals surface area contributed by atoms with Gasteiger partial charge in [-0.05, 0) is 35.2 Å². The van der Waals surface area contributed by atoms with Gasteiger partial charge in [0.05, 0.1) is 0 Å². The summed E-state index contributed by atoms with van der Waals surface area (Å²) < 4.78 is 0. The van der Waals surface area contributed by atoms with Crippen LogP contribution in [0.15, 0.2) is 52.4 Å². The van der Waals surface area contributed by atoms with Crippen molar-refractivity contribution in [3.05, 3.63) is 48.2 Å². The van der Waals surface area contributed by atoms with E-state index in [0.29, 0.717) is 5.82 Å². The Kier molecular flexibility index (Phi) is 4.12. The highest BCUT2D eigenvalue weighted by Crippen LogP contribution is 2.30. The second-order valence-electron chi connectivity index (χ2n) is 5.40. The second-order valence-corrected chi connectivity index (χ2v) is 6.54. The zero-order valence-corrected chi connectivity index (χ0v) is 12.3. The van der Waals surface area contributed by atoms with Crippen molar-refractivity contribution in [2.75, 3.05) is 5.43 Å². The number of benzene rings is 1. The summed E-state index contributed by atoms with van der Waals surface area (Å²) in [6.45, 7) is 6.66. The number of pyridine rings is 1. The van der Waals surface area contributed by atoms with Crippen LogP contribution in [0, 0.1) is 0 Å². The number of nitrogen functional groups attached to an aromatic ring is 1. The van der Waals surface area contributed by atoms with Crippen LogP contribution >= 0.6 is 11.8 Å². The molecule has 19 heavy (non-hydrogen) atoms. The number of aromatic nitrogens is 1. The zero-order valence-electron chi connectivity index (χ0n) is 11.5. The minimum atomic E-state index is 0.191. The molecule has 0 fully saturated rings. The van der Waals surface area contributed by atoms with Gasteiger partial charge < -0.3 is 5.43 Å². The van der Waals surface area contributed by atoms with Crippen LogP contribution in [0.4, 0.5) is 5.82 Å². The smallest absolute Gasteiger partial charge is 0.140 e. The third-order valence-electron chi connectivity index (χ3n) is 2.84. The SMILES string of the molecule is CC(C)(C)c1ccc(Sc2ccnc(NN)c2)cc1. The first-order valence-electron chi connectivity index (χ1n) is 6.20. The first kappa shape index (κ1) is 13.9. The molecule has 0 aliphatic rings. The lowest BCUT2D eigenvalue weighted by Crippen LogP contribution is -2.10. The average molecular weight is 273 g/mol. The predicted molar refractivity (Wildman–Crippen MR) is 81.3 cm³/mol. The molecule has 3 N–H and O–H groups in total. The summed E-state index contributed by atoms with van der Waals surface area (Å²) in [5.74, 6) is 6.04. The van der Waals surface area contributed by atoms with E-state index in [1.54, 1.807) is 18.0 Å². The standard InChI is InChI=1S/C15H19N3S/c1-15(2,3)11-4-6-12(7-5-11)19-13-8-9-17-14(10-13)18-16/h4-10H,16H2,1-3H3,(H,17,18). The summed E-state index contributed by atoms with van der Waals surface area (Å²) in [5.41, 5.74) is 4.09. The number of nitrogens with one attached hydrogen (secondary N) is 1. The molecule has 0 amide bonds. The van der Waals surface area contributed by atoms with Crippen LogP contribution < -0.4 is 11.3 Å². The van der Waals surface area contributed by atoms with Crippen LogP contribution in [0.3, 0.4) is 0 Å². The van der Waals surface area contributed by atoms with Gasteiger partial charge in [0.25, 0.3) is 0 Å². The molecule has 1 aromatic carbocycles. The molecule has 2 aromatic rings. The van der Waals surface area contributed by atoms with Crippen molar-refractivity contribution in [2.24, 2.45) is 5.84 Å². The van der Waals surface area contributed by atoms with Gasteiger partial charge in [0.1, 0.15) is 5.82 Å². The number of nitrogens with two attached hydrogens (primary N) is 1. The number of nitrogens with zero attached hydrogens (tertiary/aromatic N) is 1. The Morgan fingerprint density at radius 3 is 2.32 bits per heavy atom. The molecule has 0 unspecified atom stereocenters. The van der Waals surface area contributed by atoms with E-state index in [1.807, 2.05) is 12.1 Å². The summed E-state index contributed by atoms with van der Waals surface area (Å²) in [6, 6.07) is 12.6. The maximum Gasteiger partial charge on any atom is 0.140 e. The molecule has 0 spiro atoms. The van der Waals surface area contributed by atoms with Gasteiger partial charge >= 0.3 is 0 Å². The molecular formula is C15H19N3S. The van der Waals surface area contributed by atoms with Crippen molar-refractivity contribution in [3.8, 4) is 0 Å². The minimum Gasteiger partial charge on any atom is -0.308 e. The lowest BCUT2D eigenvalue weighted by molar-refractivity contribution is 0.590. The van der Waals surface area contributed by atoms with Gasteiger partial charge in [-0.2, -0.15) is 0 Å². The fourth-order valence-corrected chi connectivity index (χ4v) is 2.56. The maximum absolute atomic E-state index is 5.36. The summed E-state index contributed by atoms with van der Waals surface area (Å²) >= 11 is 1.70. The van der Waals surface area contributed by atoms with E-state index < -0.39 is 0 Å². The Morgan fingerprint density at radius 2 is 1.74 bits per heavy atom. The molecule has 1 aromatic heterocycles. The average Bonchev–Trinajstić information content (AvgIpc) is 2.38. The maximum atomic E-state index is 5.36. The van der Waals surface area contributed by atoms with E-state index in [1.165, 1.54) is 10.5 Å². The molecule has 4 heteroatoms. The van der Waals surface area contributed by atoms with Crippen molar-refractivity contribution in [1.29, 1.82) is 0 Å². The zero-order chi connectivity index (χ0) is 13.9. The highest BCUT2D eigenvalue weighted by molar-refractivity contribution is 7.99. The lowest BCUT2D eigenvalue weighted by atomic mass is 9.87. The number of anilines is 1. The number of rotatable bonds is 3. The summed E-state index contributed by atoms with van der Waals surface area (Å²) in [6.07, 6.45) is 1.75. The second kappa shape index (κ2) is 5.63. The van der Waals surface area contributed by atoms with Crippen molar-refractivity contribution in [1.82, 2.24) is 4.98 Å². The molecule has 0 bridgehead atoms. The number of hydrazine groups is 1. The molecule has 0 atom stereocenters. The van der Waals surface area contributed by atoms with Crippen LogP contribution in [-0.2, 0) is 5.41 Å². The third-order valence-corrected chi connectivity index (χ3v) is 3.83. The highest BCUT2D eigenvalue weighted by atomic mass is 32.2. The van der Waals surface area contributed by atoms with Gasteiger partial charge in [0, 0.05) is 16.0 Å². The number of hydrogen-bond acceptors (Lipinski definition) is 4. The predicted octanol–water partition coefficient (Wildman–Crippen LogP) is 3.82. The molecule has 0 aliphatic heterocycles. The summed E-state index contributed by atoms with van der Waals surface area (Å²) in [7, 11) is 0. The van der Waals surface area contributed by atoms with Crippen LogP contribution in [-0.4, -0.2) is 4.98 Å². The fraction of sp³-hybridized carbons (Fsp3) is 0.267. The van der Waals surface area contributed by atoms with Gasteiger partial charge in [-0.3, -0.25) is 0 Å². The van der Waals surface area contributed by atoms with E-state index >= 15 is 0 Å². The molecule has 0 saturated heterocycles. The third kappa shape index (κ3) is 3.72. The minimum absolute atomic E-state index is 0.191. The van der Waals surface area contributed by atoms with E-state index in [9.17, 15) is 0 Å². The Morgan fingerprint density at radius 1 is 1.05 bits per heavy atom. The van der Waals surface area contributed by atoms with E-state index in [0.717, 1.165) is 4.90 Å². The quantitative estimate of drug-likeness (QED) is 0.659. The van der Waals surface area contributed by atoms with Crippen LogP contribution in [0.2, 0.25) is 0 Å². The van der Waals surface area contributed by atoms with Crippen LogP contribution in [0.5, 0.6) is 0 Å². The van der Waals surface area contributed by atoms with Crippen molar-refractivity contribution >= 4 is 17.6 Å². The summed E-state index contributed by atoms with van der Waals surface area (Å²) in [4.78, 5) is 6.42. The lowest BCUT2D eigenvalue weighted by Gasteiger charge is -2.19. The van der Waals surface area contributed by atoms with Crippen molar-refractivity contribution in [3.63, 3.8) is 0 Å². The topological polar surface area (TPSA) is 50.9 Å². The molecular weight excluding hydrogens is 254 g/mol. The number of hydrogen-bond donors (Lipinski definition) is 2. The van der Waals surface area contributed by atoms with Gasteiger partial charge in [0.15, 0.2) is 0 Å².